The van der Waals surface area contributed by atoms with Crippen molar-refractivity contribution in [2.75, 3.05) is 19.0 Å². The van der Waals surface area contributed by atoms with Gasteiger partial charge in [-0.3, -0.25) is 10.1 Å². The van der Waals surface area contributed by atoms with Gasteiger partial charge >= 0.3 is 0 Å². The number of benzene rings is 2. The van der Waals surface area contributed by atoms with Crippen LogP contribution in [0.3, 0.4) is 0 Å². The Morgan fingerprint density at radius 2 is 1.96 bits per heavy atom. The summed E-state index contributed by atoms with van der Waals surface area (Å²) in [7, 11) is -0.644. The fourth-order valence-corrected chi connectivity index (χ4v) is 4.28. The lowest BCUT2D eigenvalue weighted by atomic mass is 9.87. The van der Waals surface area contributed by atoms with Crippen LogP contribution < -0.4 is 9.62 Å². The second-order valence-corrected chi connectivity index (χ2v) is 8.22. The van der Waals surface area contributed by atoms with E-state index in [0.29, 0.717) is 5.69 Å². The van der Waals surface area contributed by atoms with Gasteiger partial charge in [-0.05, 0) is 49.6 Å². The molecule has 2 aromatic rings. The lowest BCUT2D eigenvalue weighted by Crippen LogP contribution is -2.28. The molecule has 26 heavy (non-hydrogen) atoms. The molecular formula is C18H21N3O4S. The smallest absolute Gasteiger partial charge is 0.293 e. The number of aryl methyl sites for hydroxylation is 1. The first-order valence-corrected chi connectivity index (χ1v) is 9.86. The van der Waals surface area contributed by atoms with Crippen LogP contribution in [0.1, 0.15) is 30.0 Å². The van der Waals surface area contributed by atoms with Crippen LogP contribution in [0.2, 0.25) is 0 Å². The quantitative estimate of drug-likeness (QED) is 0.640. The third-order valence-corrected chi connectivity index (χ3v) is 6.32. The zero-order valence-corrected chi connectivity index (χ0v) is 15.5. The predicted octanol–water partition coefficient (Wildman–Crippen LogP) is 3.02. The number of nitrogens with zero attached hydrogens (tertiary/aromatic N) is 2. The Morgan fingerprint density at radius 3 is 2.65 bits per heavy atom. The summed E-state index contributed by atoms with van der Waals surface area (Å²) in [6.07, 6.45) is 2.90. The van der Waals surface area contributed by atoms with E-state index in [-0.39, 0.29) is 16.6 Å². The number of sulfonamides is 1. The van der Waals surface area contributed by atoms with Gasteiger partial charge in [0.2, 0.25) is 10.0 Å². The number of anilines is 1. The van der Waals surface area contributed by atoms with E-state index in [1.807, 2.05) is 24.1 Å². The highest BCUT2D eigenvalue weighted by atomic mass is 32.2. The van der Waals surface area contributed by atoms with Crippen LogP contribution in [0, 0.1) is 10.1 Å². The Hall–Kier alpha value is -2.45. The summed E-state index contributed by atoms with van der Waals surface area (Å²) in [6, 6.07) is 12.2. The van der Waals surface area contributed by atoms with Gasteiger partial charge in [-0.2, -0.15) is 0 Å². The van der Waals surface area contributed by atoms with Gasteiger partial charge < -0.3 is 4.90 Å². The molecule has 0 aromatic heterocycles. The third-order valence-electron chi connectivity index (χ3n) is 4.91. The third kappa shape index (κ3) is 3.30. The van der Waals surface area contributed by atoms with E-state index in [1.54, 1.807) is 0 Å². The Kier molecular flexibility index (Phi) is 4.97. The van der Waals surface area contributed by atoms with Crippen molar-refractivity contribution in [3.63, 3.8) is 0 Å². The molecule has 0 bridgehead atoms. The molecule has 7 nitrogen and oxygen atoms in total. The second kappa shape index (κ2) is 7.05. The molecule has 0 amide bonds. The lowest BCUT2D eigenvalue weighted by Gasteiger charge is -2.34. The first-order chi connectivity index (χ1) is 12.3. The van der Waals surface area contributed by atoms with E-state index >= 15 is 0 Å². The van der Waals surface area contributed by atoms with Gasteiger partial charge in [0.05, 0.1) is 15.9 Å². The Labute approximate surface area is 152 Å². The van der Waals surface area contributed by atoms with Crippen LogP contribution in [0.25, 0.3) is 0 Å². The SMILES string of the molecule is CNS(=O)(=O)c1ccc(N(C)[C@@H]2CCCc3ccccc32)c([N+](=O)[O-])c1. The molecule has 1 aliphatic rings. The zero-order chi connectivity index (χ0) is 18.9. The van der Waals surface area contributed by atoms with E-state index < -0.39 is 14.9 Å². The van der Waals surface area contributed by atoms with Gasteiger partial charge in [-0.15, -0.1) is 0 Å². The van der Waals surface area contributed by atoms with Crippen molar-refractivity contribution in [3.05, 3.63) is 63.7 Å². The first kappa shape index (κ1) is 18.3. The largest absolute Gasteiger partial charge is 0.362 e. The molecule has 0 radical (unpaired) electrons. The minimum absolute atomic E-state index is 0.0189. The van der Waals surface area contributed by atoms with E-state index in [0.717, 1.165) is 25.3 Å². The molecule has 1 N–H and O–H groups in total. The number of hydrogen-bond acceptors (Lipinski definition) is 5. The highest BCUT2D eigenvalue weighted by molar-refractivity contribution is 7.89. The Bertz CT molecular complexity index is 943. The highest BCUT2D eigenvalue weighted by Crippen LogP contribution is 2.39. The summed E-state index contributed by atoms with van der Waals surface area (Å²) in [5.41, 5.74) is 2.62. The maximum absolute atomic E-state index is 12.0. The topological polar surface area (TPSA) is 92.6 Å². The fraction of sp³-hybridized carbons (Fsp3) is 0.333. The lowest BCUT2D eigenvalue weighted by molar-refractivity contribution is -0.384. The van der Waals surface area contributed by atoms with E-state index in [1.165, 1.54) is 30.3 Å². The predicted molar refractivity (Wildman–Crippen MR) is 99.9 cm³/mol. The van der Waals surface area contributed by atoms with Gasteiger partial charge in [0, 0.05) is 13.1 Å². The molecule has 1 atom stereocenters. The number of rotatable bonds is 5. The maximum atomic E-state index is 12.0. The molecule has 0 spiro atoms. The summed E-state index contributed by atoms with van der Waals surface area (Å²) in [5, 5.41) is 11.6. The molecule has 0 unspecified atom stereocenters. The van der Waals surface area contributed by atoms with Crippen LogP contribution in [0.15, 0.2) is 47.4 Å². The average molecular weight is 375 g/mol. The van der Waals surface area contributed by atoms with Gasteiger partial charge in [0.1, 0.15) is 5.69 Å². The van der Waals surface area contributed by atoms with Crippen molar-refractivity contribution in [1.29, 1.82) is 0 Å². The molecule has 2 aromatic carbocycles. The molecule has 1 aliphatic carbocycles. The van der Waals surface area contributed by atoms with Crippen LogP contribution in [-0.2, 0) is 16.4 Å². The van der Waals surface area contributed by atoms with Crippen molar-refractivity contribution < 1.29 is 13.3 Å². The number of nitrogens with one attached hydrogen (secondary N) is 1. The van der Waals surface area contributed by atoms with E-state index in [9.17, 15) is 18.5 Å². The van der Waals surface area contributed by atoms with Crippen molar-refractivity contribution in [2.45, 2.75) is 30.2 Å². The van der Waals surface area contributed by atoms with E-state index in [2.05, 4.69) is 16.9 Å². The van der Waals surface area contributed by atoms with Gasteiger partial charge in [0.15, 0.2) is 0 Å². The van der Waals surface area contributed by atoms with Crippen LogP contribution in [0.4, 0.5) is 11.4 Å². The van der Waals surface area contributed by atoms with Crippen molar-refractivity contribution in [3.8, 4) is 0 Å². The number of nitro benzene ring substituents is 1. The molecule has 0 saturated carbocycles. The zero-order valence-electron chi connectivity index (χ0n) is 14.7. The highest BCUT2D eigenvalue weighted by Gasteiger charge is 2.29. The summed E-state index contributed by atoms with van der Waals surface area (Å²) in [5.74, 6) is 0. The van der Waals surface area contributed by atoms with Gasteiger partial charge in [0.25, 0.3) is 5.69 Å². The molecule has 0 aliphatic heterocycles. The van der Waals surface area contributed by atoms with Crippen LogP contribution in [-0.4, -0.2) is 27.4 Å². The Morgan fingerprint density at radius 1 is 1.23 bits per heavy atom. The summed E-state index contributed by atoms with van der Waals surface area (Å²) in [6.45, 7) is 0. The summed E-state index contributed by atoms with van der Waals surface area (Å²) >= 11 is 0. The number of nitro groups is 1. The normalized spacial score (nSPS) is 16.8. The molecule has 0 saturated heterocycles. The van der Waals surface area contributed by atoms with Gasteiger partial charge in [-0.25, -0.2) is 13.1 Å². The standard InChI is InChI=1S/C18H21N3O4S/c1-19-26(24,25)14-10-11-17(18(12-14)21(22)23)20(2)16-9-5-7-13-6-3-4-8-15(13)16/h3-4,6,8,10-12,16,19H,5,7,9H2,1-2H3/t16-/m1/s1. The number of fused-ring (bicyclic) bond motifs is 1. The molecule has 8 heteroatoms. The maximum Gasteiger partial charge on any atom is 0.293 e. The minimum Gasteiger partial charge on any atom is -0.362 e. The van der Waals surface area contributed by atoms with Crippen molar-refractivity contribution in [1.82, 2.24) is 4.72 Å². The minimum atomic E-state index is -3.74. The second-order valence-electron chi connectivity index (χ2n) is 6.33. The summed E-state index contributed by atoms with van der Waals surface area (Å²) < 4.78 is 26.1. The summed E-state index contributed by atoms with van der Waals surface area (Å²) in [4.78, 5) is 12.8. The molecule has 3 rings (SSSR count). The van der Waals surface area contributed by atoms with Crippen LogP contribution in [0.5, 0.6) is 0 Å². The first-order valence-electron chi connectivity index (χ1n) is 8.38. The van der Waals surface area contributed by atoms with Crippen LogP contribution >= 0.6 is 0 Å². The van der Waals surface area contributed by atoms with E-state index in [4.69, 9.17) is 0 Å². The molecule has 138 valence electrons. The monoisotopic (exact) mass is 375 g/mol. The van der Waals surface area contributed by atoms with Gasteiger partial charge in [-0.1, -0.05) is 24.3 Å². The molecular weight excluding hydrogens is 354 g/mol. The molecule has 0 heterocycles. The number of hydrogen-bond donors (Lipinski definition) is 1. The Balaban J connectivity index is 2.05. The fourth-order valence-electron chi connectivity index (χ4n) is 3.53. The average Bonchev–Trinajstić information content (AvgIpc) is 2.66. The van der Waals surface area contributed by atoms with Crippen molar-refractivity contribution in [2.24, 2.45) is 0 Å². The van der Waals surface area contributed by atoms with Crippen molar-refractivity contribution >= 4 is 21.4 Å². The molecule has 0 fully saturated rings.